The van der Waals surface area contributed by atoms with Gasteiger partial charge < -0.3 is 15.3 Å². The van der Waals surface area contributed by atoms with E-state index >= 15 is 0 Å². The maximum Gasteiger partial charge on any atom is 0.228 e. The average molecular weight is 212 g/mol. The number of carbonyl (C=O) groups excluding carboxylic acids is 2. The van der Waals surface area contributed by atoms with Crippen molar-refractivity contribution in [3.63, 3.8) is 0 Å². The van der Waals surface area contributed by atoms with Crippen LogP contribution >= 0.6 is 0 Å². The second-order valence-corrected chi connectivity index (χ2v) is 4.22. The average Bonchev–Trinajstić information content (AvgIpc) is 2.84. The SMILES string of the molecule is O=C1CC(C(=O)N2CCC[C@@H]2CO)CN1. The molecule has 84 valence electrons. The zero-order valence-electron chi connectivity index (χ0n) is 8.61. The molecule has 2 rings (SSSR count). The van der Waals surface area contributed by atoms with Gasteiger partial charge in [0.25, 0.3) is 0 Å². The quantitative estimate of drug-likeness (QED) is 0.623. The molecule has 15 heavy (non-hydrogen) atoms. The summed E-state index contributed by atoms with van der Waals surface area (Å²) in [7, 11) is 0. The molecule has 2 fully saturated rings. The van der Waals surface area contributed by atoms with Gasteiger partial charge in [-0.3, -0.25) is 9.59 Å². The number of hydrogen-bond acceptors (Lipinski definition) is 3. The van der Waals surface area contributed by atoms with E-state index in [9.17, 15) is 9.59 Å². The number of rotatable bonds is 2. The Morgan fingerprint density at radius 2 is 2.40 bits per heavy atom. The number of nitrogens with zero attached hydrogens (tertiary/aromatic N) is 1. The van der Waals surface area contributed by atoms with E-state index in [-0.39, 0.29) is 30.4 Å². The van der Waals surface area contributed by atoms with Crippen LogP contribution in [0, 0.1) is 5.92 Å². The van der Waals surface area contributed by atoms with E-state index in [1.165, 1.54) is 0 Å². The lowest BCUT2D eigenvalue weighted by Crippen LogP contribution is -2.41. The second kappa shape index (κ2) is 4.18. The highest BCUT2D eigenvalue weighted by Gasteiger charge is 2.36. The summed E-state index contributed by atoms with van der Waals surface area (Å²) in [5, 5.41) is 11.8. The molecule has 5 heteroatoms. The Hall–Kier alpha value is -1.10. The highest BCUT2D eigenvalue weighted by atomic mass is 16.3. The van der Waals surface area contributed by atoms with Gasteiger partial charge in [0.2, 0.25) is 11.8 Å². The Kier molecular flexibility index (Phi) is 2.90. The fraction of sp³-hybridized carbons (Fsp3) is 0.800. The minimum Gasteiger partial charge on any atom is -0.394 e. The smallest absolute Gasteiger partial charge is 0.228 e. The van der Waals surface area contributed by atoms with E-state index < -0.39 is 0 Å². The predicted octanol–water partition coefficient (Wildman–Crippen LogP) is -0.894. The van der Waals surface area contributed by atoms with Gasteiger partial charge in [0, 0.05) is 19.5 Å². The molecule has 0 radical (unpaired) electrons. The molecule has 2 amide bonds. The first kappa shape index (κ1) is 10.4. The summed E-state index contributed by atoms with van der Waals surface area (Å²) >= 11 is 0. The van der Waals surface area contributed by atoms with Crippen molar-refractivity contribution in [3.05, 3.63) is 0 Å². The first-order chi connectivity index (χ1) is 7.22. The van der Waals surface area contributed by atoms with Gasteiger partial charge in [0.15, 0.2) is 0 Å². The molecular weight excluding hydrogens is 196 g/mol. The molecule has 2 heterocycles. The summed E-state index contributed by atoms with van der Waals surface area (Å²) in [6, 6.07) is -0.0341. The van der Waals surface area contributed by atoms with Gasteiger partial charge >= 0.3 is 0 Å². The molecular formula is C10H16N2O3. The monoisotopic (exact) mass is 212 g/mol. The summed E-state index contributed by atoms with van der Waals surface area (Å²) in [6.07, 6.45) is 2.12. The minimum atomic E-state index is -0.218. The Labute approximate surface area is 88.4 Å². The molecule has 0 aromatic carbocycles. The van der Waals surface area contributed by atoms with Gasteiger partial charge in [0.1, 0.15) is 0 Å². The molecule has 1 unspecified atom stereocenters. The van der Waals surface area contributed by atoms with Crippen LogP contribution in [0.25, 0.3) is 0 Å². The Morgan fingerprint density at radius 1 is 1.60 bits per heavy atom. The Bertz CT molecular complexity index is 280. The van der Waals surface area contributed by atoms with Crippen molar-refractivity contribution in [1.29, 1.82) is 0 Å². The topological polar surface area (TPSA) is 69.6 Å². The maximum absolute atomic E-state index is 12.0. The third kappa shape index (κ3) is 1.97. The van der Waals surface area contributed by atoms with E-state index in [4.69, 9.17) is 5.11 Å². The number of nitrogens with one attached hydrogen (secondary N) is 1. The lowest BCUT2D eigenvalue weighted by molar-refractivity contribution is -0.137. The first-order valence-corrected chi connectivity index (χ1v) is 5.40. The molecule has 2 N–H and O–H groups in total. The van der Waals surface area contributed by atoms with Crippen molar-refractivity contribution in [1.82, 2.24) is 10.2 Å². The van der Waals surface area contributed by atoms with E-state index in [2.05, 4.69) is 5.32 Å². The van der Waals surface area contributed by atoms with Crippen LogP contribution < -0.4 is 5.32 Å². The van der Waals surface area contributed by atoms with Gasteiger partial charge in [-0.05, 0) is 12.8 Å². The van der Waals surface area contributed by atoms with Crippen LogP contribution in [0.5, 0.6) is 0 Å². The highest BCUT2D eigenvalue weighted by molar-refractivity contribution is 5.89. The number of carbonyl (C=O) groups is 2. The lowest BCUT2D eigenvalue weighted by atomic mass is 10.1. The standard InChI is InChI=1S/C10H16N2O3/c13-6-8-2-1-3-12(8)10(15)7-4-9(14)11-5-7/h7-8,13H,1-6H2,(H,11,14)/t7?,8-/m1/s1. The van der Waals surface area contributed by atoms with E-state index in [0.717, 1.165) is 19.4 Å². The normalized spacial score (nSPS) is 30.7. The van der Waals surface area contributed by atoms with Crippen molar-refractivity contribution in [2.75, 3.05) is 19.7 Å². The largest absolute Gasteiger partial charge is 0.394 e. The molecule has 2 saturated heterocycles. The van der Waals surface area contributed by atoms with Crippen molar-refractivity contribution >= 4 is 11.8 Å². The lowest BCUT2D eigenvalue weighted by Gasteiger charge is -2.25. The van der Waals surface area contributed by atoms with Crippen LogP contribution in [0.2, 0.25) is 0 Å². The van der Waals surface area contributed by atoms with Gasteiger partial charge in [-0.15, -0.1) is 0 Å². The van der Waals surface area contributed by atoms with Crippen LogP contribution in [0.3, 0.4) is 0 Å². The number of hydrogen-bond donors (Lipinski definition) is 2. The molecule has 0 saturated carbocycles. The van der Waals surface area contributed by atoms with Crippen molar-refractivity contribution < 1.29 is 14.7 Å². The molecule has 2 atom stereocenters. The van der Waals surface area contributed by atoms with Crippen LogP contribution in [-0.2, 0) is 9.59 Å². The number of likely N-dealkylation sites (tertiary alicyclic amines) is 1. The summed E-state index contributed by atoms with van der Waals surface area (Å²) in [5.74, 6) is -0.248. The number of amides is 2. The Morgan fingerprint density at radius 3 is 3.00 bits per heavy atom. The molecule has 0 spiro atoms. The fourth-order valence-electron chi connectivity index (χ4n) is 2.33. The fourth-order valence-corrected chi connectivity index (χ4v) is 2.33. The van der Waals surface area contributed by atoms with E-state index in [1.807, 2.05) is 0 Å². The van der Waals surface area contributed by atoms with Crippen molar-refractivity contribution in [3.8, 4) is 0 Å². The molecule has 5 nitrogen and oxygen atoms in total. The molecule has 0 aliphatic carbocycles. The zero-order valence-corrected chi connectivity index (χ0v) is 8.61. The number of aliphatic hydroxyl groups is 1. The zero-order chi connectivity index (χ0) is 10.8. The van der Waals surface area contributed by atoms with Gasteiger partial charge in [-0.2, -0.15) is 0 Å². The third-order valence-electron chi connectivity index (χ3n) is 3.20. The summed E-state index contributed by atoms with van der Waals surface area (Å²) in [5.41, 5.74) is 0. The number of aliphatic hydroxyl groups excluding tert-OH is 1. The van der Waals surface area contributed by atoms with Gasteiger partial charge in [0.05, 0.1) is 18.6 Å². The van der Waals surface area contributed by atoms with Crippen LogP contribution in [0.1, 0.15) is 19.3 Å². The molecule has 0 bridgehead atoms. The molecule has 2 aliphatic rings. The molecule has 0 aromatic heterocycles. The summed E-state index contributed by atoms with van der Waals surface area (Å²) in [6.45, 7) is 1.20. The van der Waals surface area contributed by atoms with E-state index in [1.54, 1.807) is 4.90 Å². The highest BCUT2D eigenvalue weighted by Crippen LogP contribution is 2.21. The molecule has 2 aliphatic heterocycles. The summed E-state index contributed by atoms with van der Waals surface area (Å²) < 4.78 is 0. The van der Waals surface area contributed by atoms with Crippen molar-refractivity contribution in [2.24, 2.45) is 5.92 Å². The van der Waals surface area contributed by atoms with Gasteiger partial charge in [-0.1, -0.05) is 0 Å². The van der Waals surface area contributed by atoms with Gasteiger partial charge in [-0.25, -0.2) is 0 Å². The summed E-state index contributed by atoms with van der Waals surface area (Å²) in [4.78, 5) is 24.7. The van der Waals surface area contributed by atoms with Crippen LogP contribution in [0.4, 0.5) is 0 Å². The van der Waals surface area contributed by atoms with Crippen molar-refractivity contribution in [2.45, 2.75) is 25.3 Å². The first-order valence-electron chi connectivity index (χ1n) is 5.40. The second-order valence-electron chi connectivity index (χ2n) is 4.22. The van der Waals surface area contributed by atoms with Crippen LogP contribution in [-0.4, -0.2) is 47.6 Å². The molecule has 0 aromatic rings. The van der Waals surface area contributed by atoms with E-state index in [0.29, 0.717) is 13.0 Å². The predicted molar refractivity (Wildman–Crippen MR) is 52.9 cm³/mol. The maximum atomic E-state index is 12.0. The minimum absolute atomic E-state index is 0.0184. The van der Waals surface area contributed by atoms with Crippen LogP contribution in [0.15, 0.2) is 0 Å². The third-order valence-corrected chi connectivity index (χ3v) is 3.20. The Balaban J connectivity index is 1.98.